The van der Waals surface area contributed by atoms with E-state index in [-0.39, 0.29) is 0 Å². The van der Waals surface area contributed by atoms with E-state index in [9.17, 15) is 4.79 Å². The van der Waals surface area contributed by atoms with Gasteiger partial charge in [0.2, 0.25) is 5.91 Å². The first-order chi connectivity index (χ1) is 9.84. The molecule has 1 aliphatic rings. The maximum atomic E-state index is 11.6. The number of imidazole rings is 1. The van der Waals surface area contributed by atoms with Crippen LogP contribution in [0.25, 0.3) is 11.5 Å². The van der Waals surface area contributed by atoms with Crippen molar-refractivity contribution in [3.05, 3.63) is 36.8 Å². The highest BCUT2D eigenvalue weighted by Gasteiger charge is 2.19. The molecule has 1 aliphatic heterocycles. The fourth-order valence-corrected chi connectivity index (χ4v) is 2.59. The Hall–Kier alpha value is -2.17. The van der Waals surface area contributed by atoms with Crippen LogP contribution in [0.15, 0.2) is 36.8 Å². The lowest BCUT2D eigenvalue weighted by atomic mass is 10.3. The van der Waals surface area contributed by atoms with Crippen LogP contribution in [0.1, 0.15) is 19.3 Å². The molecule has 5 heteroatoms. The van der Waals surface area contributed by atoms with Crippen LogP contribution in [0, 0.1) is 0 Å². The maximum absolute atomic E-state index is 11.6. The van der Waals surface area contributed by atoms with Crippen molar-refractivity contribution in [3.8, 4) is 11.5 Å². The molecule has 1 amide bonds. The zero-order valence-electron chi connectivity index (χ0n) is 11.4. The van der Waals surface area contributed by atoms with Crippen molar-refractivity contribution in [1.82, 2.24) is 19.4 Å². The maximum Gasteiger partial charge on any atom is 0.222 e. The number of carbonyl (C=O) groups excluding carboxylic acids is 1. The summed E-state index contributed by atoms with van der Waals surface area (Å²) in [6.45, 7) is 2.60. The van der Waals surface area contributed by atoms with Crippen LogP contribution in [0.5, 0.6) is 0 Å². The van der Waals surface area contributed by atoms with E-state index in [1.807, 2.05) is 29.3 Å². The molecule has 1 saturated heterocycles. The van der Waals surface area contributed by atoms with E-state index in [1.165, 1.54) is 0 Å². The molecule has 0 aromatic carbocycles. The highest BCUT2D eigenvalue weighted by Crippen LogP contribution is 2.15. The number of nitrogens with zero attached hydrogens (tertiary/aromatic N) is 4. The monoisotopic (exact) mass is 270 g/mol. The van der Waals surface area contributed by atoms with Crippen molar-refractivity contribution in [2.24, 2.45) is 0 Å². The molecule has 3 heterocycles. The van der Waals surface area contributed by atoms with Gasteiger partial charge in [0.05, 0.1) is 0 Å². The third kappa shape index (κ3) is 2.71. The zero-order chi connectivity index (χ0) is 13.8. The van der Waals surface area contributed by atoms with E-state index >= 15 is 0 Å². The SMILES string of the molecule is O=C1CCCN1CCCn1ccnc1-c1ccccn1. The number of rotatable bonds is 5. The summed E-state index contributed by atoms with van der Waals surface area (Å²) < 4.78 is 2.10. The Bertz CT molecular complexity index is 579. The smallest absolute Gasteiger partial charge is 0.222 e. The number of aryl methyl sites for hydroxylation is 1. The van der Waals surface area contributed by atoms with Crippen molar-refractivity contribution in [2.75, 3.05) is 13.1 Å². The van der Waals surface area contributed by atoms with Crippen LogP contribution in [0.3, 0.4) is 0 Å². The van der Waals surface area contributed by atoms with E-state index in [1.54, 1.807) is 12.4 Å². The van der Waals surface area contributed by atoms with Crippen LogP contribution in [0.4, 0.5) is 0 Å². The van der Waals surface area contributed by atoms with Gasteiger partial charge < -0.3 is 9.47 Å². The summed E-state index contributed by atoms with van der Waals surface area (Å²) in [4.78, 5) is 22.2. The first-order valence-corrected chi connectivity index (χ1v) is 7.05. The van der Waals surface area contributed by atoms with E-state index in [4.69, 9.17) is 0 Å². The van der Waals surface area contributed by atoms with Gasteiger partial charge in [-0.3, -0.25) is 9.78 Å². The Morgan fingerprint density at radius 2 is 2.10 bits per heavy atom. The molecule has 0 spiro atoms. The first-order valence-electron chi connectivity index (χ1n) is 7.05. The lowest BCUT2D eigenvalue weighted by Crippen LogP contribution is -2.26. The van der Waals surface area contributed by atoms with Gasteiger partial charge in [-0.2, -0.15) is 0 Å². The molecule has 2 aromatic heterocycles. The van der Waals surface area contributed by atoms with E-state index in [2.05, 4.69) is 14.5 Å². The first kappa shape index (κ1) is 12.8. The van der Waals surface area contributed by atoms with E-state index in [0.717, 1.165) is 44.0 Å². The number of aromatic nitrogens is 3. The minimum absolute atomic E-state index is 0.292. The van der Waals surface area contributed by atoms with E-state index in [0.29, 0.717) is 12.3 Å². The van der Waals surface area contributed by atoms with Crippen LogP contribution < -0.4 is 0 Å². The van der Waals surface area contributed by atoms with Crippen LogP contribution >= 0.6 is 0 Å². The molecule has 0 atom stereocenters. The molecule has 0 radical (unpaired) electrons. The average molecular weight is 270 g/mol. The van der Waals surface area contributed by atoms with Gasteiger partial charge >= 0.3 is 0 Å². The van der Waals surface area contributed by atoms with Crippen molar-refractivity contribution >= 4 is 5.91 Å². The van der Waals surface area contributed by atoms with Gasteiger partial charge in [-0.05, 0) is 25.0 Å². The molecule has 20 heavy (non-hydrogen) atoms. The molecule has 3 rings (SSSR count). The molecule has 0 N–H and O–H groups in total. The van der Waals surface area contributed by atoms with Crippen LogP contribution in [-0.4, -0.2) is 38.4 Å². The molecule has 0 unspecified atom stereocenters. The summed E-state index contributed by atoms with van der Waals surface area (Å²) in [7, 11) is 0. The Balaban J connectivity index is 1.61. The molecular weight excluding hydrogens is 252 g/mol. The Morgan fingerprint density at radius 1 is 1.15 bits per heavy atom. The van der Waals surface area contributed by atoms with Gasteiger partial charge in [-0.1, -0.05) is 6.07 Å². The van der Waals surface area contributed by atoms with Crippen molar-refractivity contribution < 1.29 is 4.79 Å². The summed E-state index contributed by atoms with van der Waals surface area (Å²) in [5.41, 5.74) is 0.884. The van der Waals surface area contributed by atoms with Crippen LogP contribution in [-0.2, 0) is 11.3 Å². The normalized spacial score (nSPS) is 15.0. The number of hydrogen-bond donors (Lipinski definition) is 0. The number of carbonyl (C=O) groups is 1. The third-order valence-electron chi connectivity index (χ3n) is 3.61. The standard InChI is InChI=1S/C15H18N4O/c20-14-6-3-9-18(14)10-4-11-19-12-8-17-15(19)13-5-1-2-7-16-13/h1-2,5,7-8,12H,3-4,6,9-11H2. The third-order valence-corrected chi connectivity index (χ3v) is 3.61. The topological polar surface area (TPSA) is 51.0 Å². The summed E-state index contributed by atoms with van der Waals surface area (Å²) in [6.07, 6.45) is 8.20. The minimum Gasteiger partial charge on any atom is -0.343 e. The molecule has 2 aromatic rings. The average Bonchev–Trinajstić information content (AvgIpc) is 3.10. The molecule has 1 fully saturated rings. The molecular formula is C15H18N4O. The second-order valence-corrected chi connectivity index (χ2v) is 5.00. The van der Waals surface area contributed by atoms with Crippen molar-refractivity contribution in [1.29, 1.82) is 0 Å². The minimum atomic E-state index is 0.292. The molecule has 104 valence electrons. The Kier molecular flexibility index (Phi) is 3.76. The largest absolute Gasteiger partial charge is 0.343 e. The predicted octanol–water partition coefficient (Wildman–Crippen LogP) is 1.96. The molecule has 0 saturated carbocycles. The van der Waals surface area contributed by atoms with Crippen molar-refractivity contribution in [2.45, 2.75) is 25.8 Å². The summed E-state index contributed by atoms with van der Waals surface area (Å²) in [5.74, 6) is 1.18. The molecule has 5 nitrogen and oxygen atoms in total. The Labute approximate surface area is 118 Å². The highest BCUT2D eigenvalue weighted by molar-refractivity contribution is 5.77. The molecule has 0 bridgehead atoms. The van der Waals surface area contributed by atoms with Crippen LogP contribution in [0.2, 0.25) is 0 Å². The Morgan fingerprint density at radius 3 is 2.85 bits per heavy atom. The number of likely N-dealkylation sites (tertiary alicyclic amines) is 1. The quantitative estimate of drug-likeness (QED) is 0.834. The van der Waals surface area contributed by atoms with Crippen molar-refractivity contribution in [3.63, 3.8) is 0 Å². The molecule has 0 aliphatic carbocycles. The zero-order valence-corrected chi connectivity index (χ0v) is 11.4. The summed E-state index contributed by atoms with van der Waals surface area (Å²) >= 11 is 0. The van der Waals surface area contributed by atoms with Gasteiger partial charge in [0, 0.05) is 44.6 Å². The number of hydrogen-bond acceptors (Lipinski definition) is 3. The second kappa shape index (κ2) is 5.86. The fraction of sp³-hybridized carbons (Fsp3) is 0.400. The lowest BCUT2D eigenvalue weighted by molar-refractivity contribution is -0.127. The number of amides is 1. The number of pyridine rings is 1. The van der Waals surface area contributed by atoms with Gasteiger partial charge in [-0.25, -0.2) is 4.98 Å². The summed E-state index contributed by atoms with van der Waals surface area (Å²) in [5, 5.41) is 0. The van der Waals surface area contributed by atoms with Gasteiger partial charge in [0.1, 0.15) is 5.69 Å². The summed E-state index contributed by atoms with van der Waals surface area (Å²) in [6, 6.07) is 5.82. The van der Waals surface area contributed by atoms with Gasteiger partial charge in [0.25, 0.3) is 0 Å². The predicted molar refractivity (Wildman–Crippen MR) is 75.9 cm³/mol. The highest BCUT2D eigenvalue weighted by atomic mass is 16.2. The fourth-order valence-electron chi connectivity index (χ4n) is 2.59. The second-order valence-electron chi connectivity index (χ2n) is 5.00. The van der Waals surface area contributed by atoms with Gasteiger partial charge in [-0.15, -0.1) is 0 Å². The lowest BCUT2D eigenvalue weighted by Gasteiger charge is -2.15. The van der Waals surface area contributed by atoms with Gasteiger partial charge in [0.15, 0.2) is 5.82 Å². The van der Waals surface area contributed by atoms with E-state index < -0.39 is 0 Å².